The molecule has 0 spiro atoms. The quantitative estimate of drug-likeness (QED) is 0.764. The van der Waals surface area contributed by atoms with Gasteiger partial charge in [-0.25, -0.2) is 13.4 Å². The zero-order valence-corrected chi connectivity index (χ0v) is 15.4. The number of ether oxygens (including phenoxy) is 1. The molecule has 2 aromatic heterocycles. The van der Waals surface area contributed by atoms with Gasteiger partial charge in [0.05, 0.1) is 12.0 Å². The van der Waals surface area contributed by atoms with Gasteiger partial charge in [-0.05, 0) is 48.6 Å². The summed E-state index contributed by atoms with van der Waals surface area (Å²) in [4.78, 5) is 7.83. The third kappa shape index (κ3) is 2.97. The molecule has 3 heterocycles. The summed E-state index contributed by atoms with van der Waals surface area (Å²) < 4.78 is 32.6. The maximum atomic E-state index is 12.9. The molecule has 136 valence electrons. The Hall–Kier alpha value is -2.38. The Kier molecular flexibility index (Phi) is 4.42. The number of piperidine rings is 1. The average Bonchev–Trinajstić information content (AvgIpc) is 3.12. The lowest BCUT2D eigenvalue weighted by Crippen LogP contribution is -2.37. The fraction of sp³-hybridized carbons (Fsp3) is 0.316. The van der Waals surface area contributed by atoms with Crippen molar-refractivity contribution in [2.24, 2.45) is 0 Å². The van der Waals surface area contributed by atoms with Crippen LogP contribution in [-0.2, 0) is 10.0 Å². The fourth-order valence-electron chi connectivity index (χ4n) is 3.63. The molecule has 3 aromatic rings. The first kappa shape index (κ1) is 17.1. The van der Waals surface area contributed by atoms with Gasteiger partial charge in [-0.2, -0.15) is 4.31 Å². The second kappa shape index (κ2) is 6.74. The first-order chi connectivity index (χ1) is 12.6. The smallest absolute Gasteiger partial charge is 0.243 e. The van der Waals surface area contributed by atoms with Gasteiger partial charge in [0.15, 0.2) is 0 Å². The van der Waals surface area contributed by atoms with Crippen molar-refractivity contribution in [3.63, 3.8) is 0 Å². The van der Waals surface area contributed by atoms with Crippen molar-refractivity contribution in [1.29, 1.82) is 0 Å². The van der Waals surface area contributed by atoms with Crippen LogP contribution in [0.15, 0.2) is 53.7 Å². The summed E-state index contributed by atoms with van der Waals surface area (Å²) in [5.74, 6) is 0.886. The highest BCUT2D eigenvalue weighted by Gasteiger charge is 2.31. The molecule has 0 saturated carbocycles. The van der Waals surface area contributed by atoms with E-state index in [1.807, 2.05) is 12.3 Å². The average molecular weight is 371 g/mol. The number of sulfonamides is 1. The molecule has 1 aliphatic rings. The number of fused-ring (bicyclic) bond motifs is 1. The summed E-state index contributed by atoms with van der Waals surface area (Å²) >= 11 is 0. The predicted octanol–water partition coefficient (Wildman–Crippen LogP) is 3.14. The number of hydrogen-bond acceptors (Lipinski definition) is 4. The van der Waals surface area contributed by atoms with Crippen molar-refractivity contribution < 1.29 is 13.2 Å². The summed E-state index contributed by atoms with van der Waals surface area (Å²) in [5, 5.41) is 1.13. The van der Waals surface area contributed by atoms with Gasteiger partial charge >= 0.3 is 0 Å². The van der Waals surface area contributed by atoms with Crippen molar-refractivity contribution in [3.05, 3.63) is 54.4 Å². The van der Waals surface area contributed by atoms with Gasteiger partial charge in [0.1, 0.15) is 11.4 Å². The highest BCUT2D eigenvalue weighted by molar-refractivity contribution is 7.89. The number of hydrogen-bond donors (Lipinski definition) is 1. The molecule has 4 rings (SSSR count). The van der Waals surface area contributed by atoms with E-state index in [2.05, 4.69) is 16.0 Å². The highest BCUT2D eigenvalue weighted by atomic mass is 32.2. The molecule has 7 heteroatoms. The normalized spacial score (nSPS) is 16.8. The number of aromatic nitrogens is 2. The van der Waals surface area contributed by atoms with Crippen LogP contribution in [0.3, 0.4) is 0 Å². The minimum absolute atomic E-state index is 0.284. The van der Waals surface area contributed by atoms with Crippen molar-refractivity contribution >= 4 is 21.1 Å². The summed E-state index contributed by atoms with van der Waals surface area (Å²) in [6.45, 7) is 1.02. The number of benzene rings is 1. The minimum atomic E-state index is -3.50. The van der Waals surface area contributed by atoms with Crippen LogP contribution in [0.5, 0.6) is 5.75 Å². The lowest BCUT2D eigenvalue weighted by Gasteiger charge is -2.31. The van der Waals surface area contributed by atoms with Crippen molar-refractivity contribution in [2.45, 2.75) is 23.7 Å². The number of H-pyrrole nitrogens is 1. The molecule has 0 unspecified atom stereocenters. The Morgan fingerprint density at radius 1 is 1.19 bits per heavy atom. The van der Waals surface area contributed by atoms with Crippen LogP contribution in [-0.4, -0.2) is 42.9 Å². The van der Waals surface area contributed by atoms with Gasteiger partial charge in [0.2, 0.25) is 10.0 Å². The molecular formula is C19H21N3O3S. The molecule has 1 N–H and O–H groups in total. The van der Waals surface area contributed by atoms with Crippen LogP contribution in [0.1, 0.15) is 24.3 Å². The molecule has 6 nitrogen and oxygen atoms in total. The zero-order chi connectivity index (χ0) is 18.1. The van der Waals surface area contributed by atoms with Gasteiger partial charge in [-0.3, -0.25) is 0 Å². The highest BCUT2D eigenvalue weighted by Crippen LogP contribution is 2.34. The van der Waals surface area contributed by atoms with Crippen LogP contribution in [0.25, 0.3) is 11.0 Å². The summed E-state index contributed by atoms with van der Waals surface area (Å²) in [7, 11) is -1.96. The first-order valence-corrected chi connectivity index (χ1v) is 10.1. The summed E-state index contributed by atoms with van der Waals surface area (Å²) in [5.41, 5.74) is 2.11. The van der Waals surface area contributed by atoms with Gasteiger partial charge in [0, 0.05) is 36.9 Å². The van der Waals surface area contributed by atoms with Gasteiger partial charge in [0.25, 0.3) is 0 Å². The monoisotopic (exact) mass is 371 g/mol. The molecule has 0 amide bonds. The van der Waals surface area contributed by atoms with Gasteiger partial charge in [-0.15, -0.1) is 0 Å². The Bertz CT molecular complexity index is 1020. The number of nitrogens with zero attached hydrogens (tertiary/aromatic N) is 2. The lowest BCUT2D eigenvalue weighted by molar-refractivity contribution is 0.320. The van der Waals surface area contributed by atoms with E-state index in [1.165, 1.54) is 12.7 Å². The predicted molar refractivity (Wildman–Crippen MR) is 99.8 cm³/mol. The fourth-order valence-corrected chi connectivity index (χ4v) is 5.14. The zero-order valence-electron chi connectivity index (χ0n) is 14.6. The third-order valence-electron chi connectivity index (χ3n) is 5.06. The van der Waals surface area contributed by atoms with Crippen LogP contribution < -0.4 is 4.74 Å². The van der Waals surface area contributed by atoms with Gasteiger partial charge < -0.3 is 9.72 Å². The largest absolute Gasteiger partial charge is 0.497 e. The van der Waals surface area contributed by atoms with Crippen LogP contribution >= 0.6 is 0 Å². The van der Waals surface area contributed by atoms with E-state index < -0.39 is 10.0 Å². The third-order valence-corrected chi connectivity index (χ3v) is 6.95. The number of aromatic amines is 1. The Balaban J connectivity index is 1.52. The van der Waals surface area contributed by atoms with E-state index in [9.17, 15) is 8.42 Å². The van der Waals surface area contributed by atoms with E-state index in [0.717, 1.165) is 23.9 Å². The van der Waals surface area contributed by atoms with Crippen molar-refractivity contribution in [1.82, 2.24) is 14.3 Å². The molecule has 1 saturated heterocycles. The lowest BCUT2D eigenvalue weighted by atomic mass is 9.90. The molecule has 26 heavy (non-hydrogen) atoms. The summed E-state index contributed by atoms with van der Waals surface area (Å²) in [6, 6.07) is 10.6. The van der Waals surface area contributed by atoms with Gasteiger partial charge in [-0.1, -0.05) is 6.07 Å². The molecule has 1 aromatic carbocycles. The van der Waals surface area contributed by atoms with E-state index >= 15 is 0 Å². The van der Waals surface area contributed by atoms with Crippen molar-refractivity contribution in [3.8, 4) is 5.75 Å². The van der Waals surface area contributed by atoms with E-state index in [4.69, 9.17) is 4.74 Å². The van der Waals surface area contributed by atoms with E-state index in [0.29, 0.717) is 24.8 Å². The maximum Gasteiger partial charge on any atom is 0.243 e. The number of methoxy groups -OCH3 is 1. The number of nitrogens with one attached hydrogen (secondary N) is 1. The molecule has 0 aliphatic carbocycles. The molecule has 0 bridgehead atoms. The van der Waals surface area contributed by atoms with Crippen LogP contribution in [0, 0.1) is 0 Å². The second-order valence-electron chi connectivity index (χ2n) is 6.50. The SMILES string of the molecule is COc1cccc(S(=O)(=O)N2CCC(c3c[nH]c4ncccc34)CC2)c1. The van der Waals surface area contributed by atoms with E-state index in [1.54, 1.807) is 34.8 Å². The number of pyridine rings is 1. The number of rotatable bonds is 4. The van der Waals surface area contributed by atoms with Crippen LogP contribution in [0.4, 0.5) is 0 Å². The maximum absolute atomic E-state index is 12.9. The Morgan fingerprint density at radius 2 is 2.00 bits per heavy atom. The van der Waals surface area contributed by atoms with Crippen molar-refractivity contribution in [2.75, 3.05) is 20.2 Å². The topological polar surface area (TPSA) is 75.3 Å². The summed E-state index contributed by atoms with van der Waals surface area (Å²) in [6.07, 6.45) is 5.37. The molecule has 1 fully saturated rings. The molecule has 0 radical (unpaired) electrons. The molecule has 0 atom stereocenters. The Labute approximate surface area is 152 Å². The molecular weight excluding hydrogens is 350 g/mol. The minimum Gasteiger partial charge on any atom is -0.497 e. The second-order valence-corrected chi connectivity index (χ2v) is 8.44. The molecule has 1 aliphatic heterocycles. The first-order valence-electron chi connectivity index (χ1n) is 8.66. The standard InChI is InChI=1S/C19H21N3O3S/c1-25-15-4-2-5-16(12-15)26(23,24)22-10-7-14(8-11-22)18-13-21-19-17(18)6-3-9-20-19/h2-6,9,12-14H,7-8,10-11H2,1H3,(H,20,21). The van der Waals surface area contributed by atoms with Crippen LogP contribution in [0.2, 0.25) is 0 Å². The Morgan fingerprint density at radius 3 is 2.77 bits per heavy atom. The van der Waals surface area contributed by atoms with E-state index in [-0.39, 0.29) is 4.90 Å².